The lowest BCUT2D eigenvalue weighted by Gasteiger charge is -2.35. The summed E-state index contributed by atoms with van der Waals surface area (Å²) in [5, 5.41) is 0.309. The molecule has 0 N–H and O–H groups in total. The van der Waals surface area contributed by atoms with Gasteiger partial charge in [0.2, 0.25) is 0 Å². The maximum atomic E-state index is 12.9. The third-order valence-electron chi connectivity index (χ3n) is 3.85. The molecular formula is C17H18ClNO5. The van der Waals surface area contributed by atoms with E-state index in [4.69, 9.17) is 21.1 Å². The van der Waals surface area contributed by atoms with Crippen molar-refractivity contribution >= 4 is 29.4 Å². The van der Waals surface area contributed by atoms with Gasteiger partial charge in [-0.3, -0.25) is 14.4 Å². The molecule has 2 rings (SSSR count). The number of halogens is 1. The average Bonchev–Trinajstić information content (AvgIpc) is 2.61. The van der Waals surface area contributed by atoms with Crippen LogP contribution in [0.4, 0.5) is 0 Å². The molecule has 1 heterocycles. The van der Waals surface area contributed by atoms with Gasteiger partial charge in [-0.15, -0.1) is 0 Å². The van der Waals surface area contributed by atoms with Crippen LogP contribution in [0, 0.1) is 5.92 Å². The largest absolute Gasteiger partial charge is 0.468 e. The molecule has 0 saturated heterocycles. The van der Waals surface area contributed by atoms with Crippen molar-refractivity contribution in [2.24, 2.45) is 5.92 Å². The van der Waals surface area contributed by atoms with Crippen molar-refractivity contribution in [3.8, 4) is 0 Å². The molecule has 0 aliphatic carbocycles. The second kappa shape index (κ2) is 7.97. The zero-order valence-electron chi connectivity index (χ0n) is 13.4. The number of carbonyl (C=O) groups is 3. The number of hydrogen-bond acceptors (Lipinski definition) is 5. The van der Waals surface area contributed by atoms with Crippen LogP contribution in [0.25, 0.3) is 0 Å². The van der Waals surface area contributed by atoms with Crippen LogP contribution in [0.3, 0.4) is 0 Å². The fourth-order valence-corrected chi connectivity index (χ4v) is 2.87. The van der Waals surface area contributed by atoms with Crippen LogP contribution in [0.1, 0.15) is 16.8 Å². The molecule has 1 aromatic carbocycles. The summed E-state index contributed by atoms with van der Waals surface area (Å²) in [4.78, 5) is 38.4. The quantitative estimate of drug-likeness (QED) is 0.471. The Morgan fingerprint density at radius 1 is 1.17 bits per heavy atom. The SMILES string of the molecule is COC(=O)C(C(=O)OC)[C@H]1C=CCCN1C(=O)c1ccccc1Cl. The second-order valence-corrected chi connectivity index (χ2v) is 5.62. The van der Waals surface area contributed by atoms with E-state index >= 15 is 0 Å². The molecular weight excluding hydrogens is 334 g/mol. The average molecular weight is 352 g/mol. The molecule has 1 aliphatic heterocycles. The minimum atomic E-state index is -1.25. The van der Waals surface area contributed by atoms with Crippen molar-refractivity contribution in [1.29, 1.82) is 0 Å². The molecule has 1 amide bonds. The third kappa shape index (κ3) is 3.59. The number of amides is 1. The fourth-order valence-electron chi connectivity index (χ4n) is 2.65. The Morgan fingerprint density at radius 3 is 2.38 bits per heavy atom. The van der Waals surface area contributed by atoms with Crippen LogP contribution in [0.5, 0.6) is 0 Å². The van der Waals surface area contributed by atoms with Gasteiger partial charge in [-0.05, 0) is 18.6 Å². The van der Waals surface area contributed by atoms with E-state index in [0.29, 0.717) is 23.6 Å². The number of nitrogens with zero attached hydrogens (tertiary/aromatic N) is 1. The van der Waals surface area contributed by atoms with Gasteiger partial charge in [-0.25, -0.2) is 0 Å². The second-order valence-electron chi connectivity index (χ2n) is 5.21. The molecule has 24 heavy (non-hydrogen) atoms. The molecule has 128 valence electrons. The van der Waals surface area contributed by atoms with Gasteiger partial charge in [0.05, 0.1) is 30.8 Å². The van der Waals surface area contributed by atoms with E-state index in [-0.39, 0.29) is 5.91 Å². The molecule has 0 unspecified atom stereocenters. The number of carbonyl (C=O) groups excluding carboxylic acids is 3. The predicted octanol–water partition coefficient (Wildman–Crippen LogP) is 2.07. The maximum absolute atomic E-state index is 12.9. The lowest BCUT2D eigenvalue weighted by atomic mass is 9.94. The minimum Gasteiger partial charge on any atom is -0.468 e. The molecule has 1 aliphatic rings. The lowest BCUT2D eigenvalue weighted by molar-refractivity contribution is -0.160. The van der Waals surface area contributed by atoms with Gasteiger partial charge in [-0.1, -0.05) is 35.9 Å². The van der Waals surface area contributed by atoms with E-state index in [1.807, 2.05) is 6.08 Å². The van der Waals surface area contributed by atoms with Crippen molar-refractivity contribution in [3.05, 3.63) is 47.0 Å². The van der Waals surface area contributed by atoms with Gasteiger partial charge >= 0.3 is 11.9 Å². The number of ether oxygens (including phenoxy) is 2. The fraction of sp³-hybridized carbons (Fsp3) is 0.353. The van der Waals surface area contributed by atoms with Crippen molar-refractivity contribution < 1.29 is 23.9 Å². The minimum absolute atomic E-state index is 0.309. The van der Waals surface area contributed by atoms with E-state index in [9.17, 15) is 14.4 Å². The molecule has 6 nitrogen and oxygen atoms in total. The third-order valence-corrected chi connectivity index (χ3v) is 4.18. The molecule has 0 aromatic heterocycles. The Hall–Kier alpha value is -2.34. The van der Waals surface area contributed by atoms with E-state index in [1.54, 1.807) is 30.3 Å². The highest BCUT2D eigenvalue weighted by atomic mass is 35.5. The Balaban J connectivity index is 2.39. The van der Waals surface area contributed by atoms with Crippen LogP contribution >= 0.6 is 11.6 Å². The Morgan fingerprint density at radius 2 is 1.79 bits per heavy atom. The van der Waals surface area contributed by atoms with Gasteiger partial charge in [-0.2, -0.15) is 0 Å². The molecule has 7 heteroatoms. The zero-order valence-corrected chi connectivity index (χ0v) is 14.2. The highest BCUT2D eigenvalue weighted by Gasteiger charge is 2.41. The number of hydrogen-bond donors (Lipinski definition) is 0. The molecule has 0 saturated carbocycles. The Kier molecular flexibility index (Phi) is 5.98. The smallest absolute Gasteiger partial charge is 0.322 e. The first-order valence-electron chi connectivity index (χ1n) is 7.39. The van der Waals surface area contributed by atoms with Gasteiger partial charge < -0.3 is 14.4 Å². The van der Waals surface area contributed by atoms with E-state index < -0.39 is 23.9 Å². The van der Waals surface area contributed by atoms with Crippen LogP contribution in [-0.4, -0.2) is 49.6 Å². The lowest BCUT2D eigenvalue weighted by Crippen LogP contribution is -2.50. The summed E-state index contributed by atoms with van der Waals surface area (Å²) in [6.07, 6.45) is 4.08. The first kappa shape index (κ1) is 18.0. The maximum Gasteiger partial charge on any atom is 0.322 e. The first-order valence-corrected chi connectivity index (χ1v) is 7.77. The molecule has 0 fully saturated rings. The number of benzene rings is 1. The summed E-state index contributed by atoms with van der Waals surface area (Å²) in [7, 11) is 2.37. The van der Waals surface area contributed by atoms with E-state index in [1.165, 1.54) is 19.1 Å². The standard InChI is InChI=1S/C17H18ClNO5/c1-23-16(21)14(17(22)24-2)13-9-5-6-10-19(13)15(20)11-7-3-4-8-12(11)18/h3-5,7-9,13-14H,6,10H2,1-2H3/t13-/m1/s1. The van der Waals surface area contributed by atoms with Crippen molar-refractivity contribution in [2.45, 2.75) is 12.5 Å². The van der Waals surface area contributed by atoms with Crippen molar-refractivity contribution in [2.75, 3.05) is 20.8 Å². The van der Waals surface area contributed by atoms with Crippen LogP contribution in [0.15, 0.2) is 36.4 Å². The highest BCUT2D eigenvalue weighted by Crippen LogP contribution is 2.25. The molecule has 1 atom stereocenters. The predicted molar refractivity (Wildman–Crippen MR) is 87.6 cm³/mol. The zero-order chi connectivity index (χ0) is 17.7. The number of methoxy groups -OCH3 is 2. The van der Waals surface area contributed by atoms with E-state index in [0.717, 1.165) is 0 Å². The summed E-state index contributed by atoms with van der Waals surface area (Å²) in [5.41, 5.74) is 0.313. The Labute approximate surface area is 145 Å². The molecule has 0 spiro atoms. The van der Waals surface area contributed by atoms with Gasteiger partial charge in [0, 0.05) is 6.54 Å². The normalized spacial score (nSPS) is 16.8. The van der Waals surface area contributed by atoms with E-state index in [2.05, 4.69) is 0 Å². The van der Waals surface area contributed by atoms with Gasteiger partial charge in [0.1, 0.15) is 0 Å². The van der Waals surface area contributed by atoms with Crippen molar-refractivity contribution in [1.82, 2.24) is 4.90 Å². The summed E-state index contributed by atoms with van der Waals surface area (Å²) in [5.74, 6) is -3.11. The number of rotatable bonds is 4. The summed E-state index contributed by atoms with van der Waals surface area (Å²) >= 11 is 6.10. The highest BCUT2D eigenvalue weighted by molar-refractivity contribution is 6.33. The van der Waals surface area contributed by atoms with Gasteiger partial charge in [0.15, 0.2) is 5.92 Å². The van der Waals surface area contributed by atoms with Crippen LogP contribution in [-0.2, 0) is 19.1 Å². The molecule has 1 aromatic rings. The van der Waals surface area contributed by atoms with Gasteiger partial charge in [0.25, 0.3) is 5.91 Å². The number of esters is 2. The topological polar surface area (TPSA) is 72.9 Å². The summed E-state index contributed by atoms with van der Waals surface area (Å²) in [6.45, 7) is 0.357. The van der Waals surface area contributed by atoms with Crippen LogP contribution in [0.2, 0.25) is 5.02 Å². The molecule has 0 radical (unpaired) electrons. The first-order chi connectivity index (χ1) is 11.5. The van der Waals surface area contributed by atoms with Crippen molar-refractivity contribution in [3.63, 3.8) is 0 Å². The summed E-state index contributed by atoms with van der Waals surface area (Å²) < 4.78 is 9.42. The van der Waals surface area contributed by atoms with Crippen LogP contribution < -0.4 is 0 Å². The summed E-state index contributed by atoms with van der Waals surface area (Å²) in [6, 6.07) is 5.85. The molecule has 0 bridgehead atoms. The Bertz CT molecular complexity index is 657. The monoisotopic (exact) mass is 351 g/mol.